The summed E-state index contributed by atoms with van der Waals surface area (Å²) in [6.45, 7) is 8.66. The van der Waals surface area contributed by atoms with E-state index < -0.39 is 0 Å². The van der Waals surface area contributed by atoms with Gasteiger partial charge in [0.1, 0.15) is 4.83 Å². The summed E-state index contributed by atoms with van der Waals surface area (Å²) in [6, 6.07) is 0. The Morgan fingerprint density at radius 1 is 1.29 bits per heavy atom. The summed E-state index contributed by atoms with van der Waals surface area (Å²) in [5.74, 6) is 0.589. The van der Waals surface area contributed by atoms with Crippen LogP contribution in [0.2, 0.25) is 0 Å². The number of hydrogen-bond acceptors (Lipinski definition) is 5. The third kappa shape index (κ3) is 4.89. The minimum Gasteiger partial charge on any atom is -0.356 e. The van der Waals surface area contributed by atoms with Crippen LogP contribution in [0.15, 0.2) is 29.8 Å². The largest absolute Gasteiger partial charge is 0.356 e. The number of nitrogens with one attached hydrogen (secondary N) is 1. The van der Waals surface area contributed by atoms with E-state index in [1.807, 2.05) is 10.8 Å². The Morgan fingerprint density at radius 3 is 2.87 bits per heavy atom. The van der Waals surface area contributed by atoms with Crippen LogP contribution in [-0.4, -0.2) is 31.6 Å². The van der Waals surface area contributed by atoms with Gasteiger partial charge in [0.25, 0.3) is 5.56 Å². The first-order valence-corrected chi connectivity index (χ1v) is 11.9. The number of imidazole rings is 1. The molecule has 0 spiro atoms. The van der Waals surface area contributed by atoms with Crippen molar-refractivity contribution in [2.75, 3.05) is 6.54 Å². The number of rotatable bonds is 7. The van der Waals surface area contributed by atoms with Crippen molar-refractivity contribution in [3.05, 3.63) is 45.8 Å². The zero-order valence-electron chi connectivity index (χ0n) is 18.6. The summed E-state index contributed by atoms with van der Waals surface area (Å²) < 4.78 is 3.58. The standard InChI is InChI=1S/C23H31N5O2S/c1-23(2,3)16-5-6-17-18(13-16)31-21-20(17)22(30)28(15-26-21)11-7-19(29)25-8-4-10-27-12-9-24-14-27/h9,12,14-16H,4-8,10-11,13H2,1-3H3,(H,25,29). The SMILES string of the molecule is CC(C)(C)C1CCc2c(sc3ncn(CCC(=O)NCCCn4ccnc4)c(=O)c23)C1. The normalized spacial score (nSPS) is 16.4. The first kappa shape index (κ1) is 21.7. The lowest BCUT2D eigenvalue weighted by Gasteiger charge is -2.33. The number of hydrogen-bond donors (Lipinski definition) is 1. The Morgan fingerprint density at radius 2 is 2.13 bits per heavy atom. The van der Waals surface area contributed by atoms with Crippen LogP contribution in [0, 0.1) is 11.3 Å². The number of fused-ring (bicyclic) bond motifs is 3. The molecule has 0 bridgehead atoms. The molecule has 0 fully saturated rings. The van der Waals surface area contributed by atoms with Crippen LogP contribution in [0.4, 0.5) is 0 Å². The van der Waals surface area contributed by atoms with Crippen LogP contribution >= 0.6 is 11.3 Å². The maximum atomic E-state index is 13.1. The van der Waals surface area contributed by atoms with Gasteiger partial charge in [-0.3, -0.25) is 14.2 Å². The molecule has 0 saturated carbocycles. The Kier molecular flexibility index (Phi) is 6.27. The molecular weight excluding hydrogens is 410 g/mol. The second-order valence-corrected chi connectivity index (χ2v) is 10.6. The number of amides is 1. The second kappa shape index (κ2) is 8.94. The highest BCUT2D eigenvalue weighted by Crippen LogP contribution is 2.41. The van der Waals surface area contributed by atoms with Gasteiger partial charge in [-0.15, -0.1) is 11.3 Å². The predicted molar refractivity (Wildman–Crippen MR) is 123 cm³/mol. The number of aryl methyl sites for hydroxylation is 3. The van der Waals surface area contributed by atoms with Crippen molar-refractivity contribution in [2.45, 2.75) is 66.0 Å². The highest BCUT2D eigenvalue weighted by Gasteiger charge is 2.31. The number of nitrogens with zero attached hydrogens (tertiary/aromatic N) is 4. The molecule has 3 aromatic heterocycles. The molecule has 31 heavy (non-hydrogen) atoms. The molecule has 4 rings (SSSR count). The maximum absolute atomic E-state index is 13.1. The van der Waals surface area contributed by atoms with Crippen molar-refractivity contribution >= 4 is 27.5 Å². The number of carbonyl (C=O) groups is 1. The zero-order valence-corrected chi connectivity index (χ0v) is 19.4. The van der Waals surface area contributed by atoms with Crippen LogP contribution in [0.25, 0.3) is 10.2 Å². The molecule has 1 N–H and O–H groups in total. The monoisotopic (exact) mass is 441 g/mol. The van der Waals surface area contributed by atoms with Crippen LogP contribution < -0.4 is 10.9 Å². The van der Waals surface area contributed by atoms with Gasteiger partial charge in [-0.05, 0) is 42.6 Å². The molecule has 0 saturated heterocycles. The highest BCUT2D eigenvalue weighted by molar-refractivity contribution is 7.18. The Labute approximate surface area is 186 Å². The maximum Gasteiger partial charge on any atom is 0.262 e. The Bertz CT molecular complexity index is 1110. The summed E-state index contributed by atoms with van der Waals surface area (Å²) in [6.07, 6.45) is 11.2. The van der Waals surface area contributed by atoms with E-state index in [0.717, 1.165) is 42.4 Å². The molecule has 1 aliphatic carbocycles. The van der Waals surface area contributed by atoms with E-state index in [9.17, 15) is 9.59 Å². The summed E-state index contributed by atoms with van der Waals surface area (Å²) >= 11 is 1.67. The number of carbonyl (C=O) groups excluding carboxylic acids is 1. The van der Waals surface area contributed by atoms with Gasteiger partial charge < -0.3 is 9.88 Å². The predicted octanol–water partition coefficient (Wildman–Crippen LogP) is 3.40. The molecule has 1 aliphatic rings. The van der Waals surface area contributed by atoms with Gasteiger partial charge in [-0.1, -0.05) is 20.8 Å². The average molecular weight is 442 g/mol. The summed E-state index contributed by atoms with van der Waals surface area (Å²) in [5, 5.41) is 3.70. The molecular formula is C23H31N5O2S. The van der Waals surface area contributed by atoms with Crippen LogP contribution in [0.1, 0.15) is 50.5 Å². The Balaban J connectivity index is 1.37. The molecule has 0 aromatic carbocycles. The quantitative estimate of drug-likeness (QED) is 0.570. The van der Waals surface area contributed by atoms with Gasteiger partial charge in [0, 0.05) is 43.3 Å². The molecule has 1 atom stereocenters. The topological polar surface area (TPSA) is 81.8 Å². The van der Waals surface area contributed by atoms with Gasteiger partial charge in [-0.25, -0.2) is 9.97 Å². The van der Waals surface area contributed by atoms with Crippen molar-refractivity contribution in [1.29, 1.82) is 0 Å². The highest BCUT2D eigenvalue weighted by atomic mass is 32.1. The van der Waals surface area contributed by atoms with Gasteiger partial charge in [0.15, 0.2) is 0 Å². The third-order valence-electron chi connectivity index (χ3n) is 6.31. The summed E-state index contributed by atoms with van der Waals surface area (Å²) in [4.78, 5) is 36.1. The van der Waals surface area contributed by atoms with Gasteiger partial charge in [0.2, 0.25) is 5.91 Å². The van der Waals surface area contributed by atoms with E-state index >= 15 is 0 Å². The first-order valence-electron chi connectivity index (χ1n) is 11.0. The fourth-order valence-corrected chi connectivity index (χ4v) is 5.58. The number of aromatic nitrogens is 4. The molecule has 3 heterocycles. The van der Waals surface area contributed by atoms with E-state index in [1.165, 1.54) is 10.4 Å². The van der Waals surface area contributed by atoms with Gasteiger partial charge in [-0.2, -0.15) is 0 Å². The minimum atomic E-state index is -0.0435. The van der Waals surface area contributed by atoms with Crippen molar-refractivity contribution in [2.24, 2.45) is 11.3 Å². The van der Waals surface area contributed by atoms with Crippen molar-refractivity contribution < 1.29 is 4.79 Å². The zero-order chi connectivity index (χ0) is 22.0. The van der Waals surface area contributed by atoms with Crippen molar-refractivity contribution in [3.63, 3.8) is 0 Å². The van der Waals surface area contributed by atoms with Gasteiger partial charge >= 0.3 is 0 Å². The third-order valence-corrected chi connectivity index (χ3v) is 7.48. The fourth-order valence-electron chi connectivity index (χ4n) is 4.32. The minimum absolute atomic E-state index is 0.00961. The molecule has 8 heteroatoms. The molecule has 0 aliphatic heterocycles. The van der Waals surface area contributed by atoms with Crippen molar-refractivity contribution in [3.8, 4) is 0 Å². The number of thiophene rings is 1. The molecule has 166 valence electrons. The first-order chi connectivity index (χ1) is 14.8. The fraction of sp³-hybridized carbons (Fsp3) is 0.565. The lowest BCUT2D eigenvalue weighted by molar-refractivity contribution is -0.121. The van der Waals surface area contributed by atoms with Gasteiger partial charge in [0.05, 0.1) is 18.0 Å². The second-order valence-electron chi connectivity index (χ2n) is 9.49. The average Bonchev–Trinajstić information content (AvgIpc) is 3.37. The van der Waals surface area contributed by atoms with E-state index in [-0.39, 0.29) is 23.3 Å². The summed E-state index contributed by atoms with van der Waals surface area (Å²) in [5.41, 5.74) is 1.45. The molecule has 1 amide bonds. The summed E-state index contributed by atoms with van der Waals surface area (Å²) in [7, 11) is 0. The van der Waals surface area contributed by atoms with Crippen LogP contribution in [-0.2, 0) is 30.7 Å². The molecule has 3 aromatic rings. The van der Waals surface area contributed by atoms with E-state index in [0.29, 0.717) is 19.0 Å². The van der Waals surface area contributed by atoms with E-state index in [2.05, 4.69) is 36.1 Å². The lowest BCUT2D eigenvalue weighted by atomic mass is 9.72. The molecule has 0 radical (unpaired) electrons. The molecule has 1 unspecified atom stereocenters. The Hall–Kier alpha value is -2.48. The lowest BCUT2D eigenvalue weighted by Crippen LogP contribution is -2.29. The van der Waals surface area contributed by atoms with Crippen molar-refractivity contribution in [1.82, 2.24) is 24.4 Å². The van der Waals surface area contributed by atoms with E-state index in [1.54, 1.807) is 34.8 Å². The van der Waals surface area contributed by atoms with Crippen LogP contribution in [0.3, 0.4) is 0 Å². The smallest absolute Gasteiger partial charge is 0.262 e. The van der Waals surface area contributed by atoms with Crippen LogP contribution in [0.5, 0.6) is 0 Å². The molecule has 7 nitrogen and oxygen atoms in total. The van der Waals surface area contributed by atoms with E-state index in [4.69, 9.17) is 0 Å².